The molecule has 0 aromatic rings. The first kappa shape index (κ1) is 23.7. The first-order valence-corrected chi connectivity index (χ1v) is 12.1. The van der Waals surface area contributed by atoms with Crippen molar-refractivity contribution in [3.05, 3.63) is 24.3 Å². The summed E-state index contributed by atoms with van der Waals surface area (Å²) in [6.45, 7) is 2.26. The predicted octanol–water partition coefficient (Wildman–Crippen LogP) is 7.28. The third-order valence-corrected chi connectivity index (χ3v) is 6.88. The maximum absolute atomic E-state index is 12.6. The van der Waals surface area contributed by atoms with E-state index in [-0.39, 0.29) is 18.0 Å². The summed E-state index contributed by atoms with van der Waals surface area (Å²) in [5, 5.41) is 8.45. The molecule has 2 saturated carbocycles. The average molecular weight is 400 g/mol. The van der Waals surface area contributed by atoms with E-state index in [4.69, 9.17) is 10.00 Å². The van der Waals surface area contributed by atoms with Crippen LogP contribution in [0, 0.1) is 29.1 Å². The van der Waals surface area contributed by atoms with Gasteiger partial charge >= 0.3 is 5.97 Å². The van der Waals surface area contributed by atoms with Crippen molar-refractivity contribution in [1.29, 1.82) is 5.26 Å². The lowest BCUT2D eigenvalue weighted by Crippen LogP contribution is -2.30. The summed E-state index contributed by atoms with van der Waals surface area (Å²) < 4.78 is 5.90. The maximum atomic E-state index is 12.6. The van der Waals surface area contributed by atoms with Crippen LogP contribution in [0.15, 0.2) is 24.3 Å². The smallest absolute Gasteiger partial charge is 0.309 e. The maximum Gasteiger partial charge on any atom is 0.309 e. The first-order chi connectivity index (χ1) is 14.2. The van der Waals surface area contributed by atoms with Crippen molar-refractivity contribution in [1.82, 2.24) is 0 Å². The van der Waals surface area contributed by atoms with E-state index in [9.17, 15) is 4.79 Å². The molecule has 2 aliphatic carbocycles. The molecule has 0 aromatic heterocycles. The largest absolute Gasteiger partial charge is 0.462 e. The Bertz CT molecular complexity index is 544. The van der Waals surface area contributed by atoms with E-state index in [0.29, 0.717) is 0 Å². The Morgan fingerprint density at radius 1 is 0.931 bits per heavy atom. The number of unbranched alkanes of at least 4 members (excludes halogenated alkanes) is 3. The number of nitriles is 1. The Hall–Kier alpha value is -1.56. The molecular formula is C26H41NO2. The predicted molar refractivity (Wildman–Crippen MR) is 119 cm³/mol. The second kappa shape index (κ2) is 14.4. The molecule has 0 heterocycles. The van der Waals surface area contributed by atoms with Crippen LogP contribution >= 0.6 is 0 Å². The minimum absolute atomic E-state index is 0.0881. The normalized spacial score (nSPS) is 27.9. The Kier molecular flexibility index (Phi) is 11.8. The van der Waals surface area contributed by atoms with Crippen molar-refractivity contribution in [3.8, 4) is 6.07 Å². The molecule has 2 aliphatic rings. The molecule has 0 unspecified atom stereocenters. The van der Waals surface area contributed by atoms with Gasteiger partial charge in [0.15, 0.2) is 0 Å². The van der Waals surface area contributed by atoms with Crippen molar-refractivity contribution in [3.63, 3.8) is 0 Å². The van der Waals surface area contributed by atoms with Gasteiger partial charge in [0.05, 0.1) is 12.0 Å². The molecule has 0 saturated heterocycles. The van der Waals surface area contributed by atoms with Crippen molar-refractivity contribution >= 4 is 5.97 Å². The molecule has 0 N–H and O–H groups in total. The van der Waals surface area contributed by atoms with E-state index in [1.165, 1.54) is 70.3 Å². The topological polar surface area (TPSA) is 50.1 Å². The van der Waals surface area contributed by atoms with Gasteiger partial charge in [-0.15, -0.1) is 0 Å². The number of nitrogens with zero attached hydrogens (tertiary/aromatic N) is 1. The second-order valence-electron chi connectivity index (χ2n) is 9.14. The molecule has 0 atom stereocenters. The molecule has 0 bridgehead atoms. The monoisotopic (exact) mass is 399 g/mol. The number of esters is 1. The number of rotatable bonds is 11. The average Bonchev–Trinajstić information content (AvgIpc) is 2.75. The van der Waals surface area contributed by atoms with Gasteiger partial charge in [0.25, 0.3) is 0 Å². The molecule has 29 heavy (non-hydrogen) atoms. The van der Waals surface area contributed by atoms with Gasteiger partial charge in [0.2, 0.25) is 0 Å². The Labute approximate surface area is 178 Å². The third kappa shape index (κ3) is 9.66. The zero-order valence-corrected chi connectivity index (χ0v) is 18.5. The highest BCUT2D eigenvalue weighted by Crippen LogP contribution is 2.34. The molecule has 2 rings (SSSR count). The van der Waals surface area contributed by atoms with E-state index in [2.05, 4.69) is 13.0 Å². The highest BCUT2D eigenvalue weighted by Gasteiger charge is 2.30. The van der Waals surface area contributed by atoms with Crippen LogP contribution < -0.4 is 0 Å². The van der Waals surface area contributed by atoms with Crippen LogP contribution in [0.5, 0.6) is 0 Å². The lowest BCUT2D eigenvalue weighted by Gasteiger charge is -2.31. The summed E-state index contributed by atoms with van der Waals surface area (Å²) in [5.41, 5.74) is 0. The molecule has 0 aliphatic heterocycles. The summed E-state index contributed by atoms with van der Waals surface area (Å²) in [6, 6.07) is 1.99. The molecule has 162 valence electrons. The number of hydrogen-bond donors (Lipinski definition) is 0. The molecule has 2 fully saturated rings. The highest BCUT2D eigenvalue weighted by atomic mass is 16.5. The fourth-order valence-electron chi connectivity index (χ4n) is 4.95. The van der Waals surface area contributed by atoms with E-state index in [1.807, 2.05) is 12.1 Å². The first-order valence-electron chi connectivity index (χ1n) is 12.1. The number of hydrogen-bond acceptors (Lipinski definition) is 3. The lowest BCUT2D eigenvalue weighted by molar-refractivity contribution is -0.157. The summed E-state index contributed by atoms with van der Waals surface area (Å²) in [5.74, 6) is 1.84. The standard InChI is InChI=1S/C26H41NO2/c1-2-3-4-8-11-22-13-17-24(18-14-22)26(28)29-25-19-15-23(16-20-25)12-9-6-5-7-10-21-27/h5-7,10,22-25H,2-4,8-9,11-20H2,1H3/t22-,23-,24-,25-. The quantitative estimate of drug-likeness (QED) is 0.159. The molecule has 0 radical (unpaired) electrons. The van der Waals surface area contributed by atoms with Crippen LogP contribution in [-0.4, -0.2) is 12.1 Å². The van der Waals surface area contributed by atoms with Crippen LogP contribution in [0.1, 0.15) is 103 Å². The number of carbonyl (C=O) groups excluding carboxylic acids is 1. The Balaban J connectivity index is 1.56. The van der Waals surface area contributed by atoms with Gasteiger partial charge in [-0.3, -0.25) is 4.79 Å². The van der Waals surface area contributed by atoms with Gasteiger partial charge < -0.3 is 4.74 Å². The van der Waals surface area contributed by atoms with Crippen molar-refractivity contribution < 1.29 is 9.53 Å². The Morgan fingerprint density at radius 2 is 1.62 bits per heavy atom. The van der Waals surface area contributed by atoms with Gasteiger partial charge in [0, 0.05) is 6.08 Å². The van der Waals surface area contributed by atoms with Crippen molar-refractivity contribution in [2.75, 3.05) is 0 Å². The van der Waals surface area contributed by atoms with Crippen LogP contribution in [0.3, 0.4) is 0 Å². The molecule has 0 spiro atoms. The minimum atomic E-state index is 0.0881. The second-order valence-corrected chi connectivity index (χ2v) is 9.14. The molecular weight excluding hydrogens is 358 g/mol. The van der Waals surface area contributed by atoms with Crippen molar-refractivity contribution in [2.45, 2.75) is 109 Å². The Morgan fingerprint density at radius 3 is 2.31 bits per heavy atom. The molecule has 0 aromatic carbocycles. The fourth-order valence-corrected chi connectivity index (χ4v) is 4.95. The summed E-state index contributed by atoms with van der Waals surface area (Å²) in [4.78, 5) is 12.6. The van der Waals surface area contributed by atoms with Gasteiger partial charge in [-0.1, -0.05) is 57.3 Å². The fraction of sp³-hybridized carbons (Fsp3) is 0.769. The zero-order valence-electron chi connectivity index (χ0n) is 18.5. The molecule has 0 amide bonds. The van der Waals surface area contributed by atoms with Gasteiger partial charge in [-0.05, 0) is 76.0 Å². The van der Waals surface area contributed by atoms with E-state index < -0.39 is 0 Å². The van der Waals surface area contributed by atoms with E-state index in [0.717, 1.165) is 43.9 Å². The minimum Gasteiger partial charge on any atom is -0.462 e. The van der Waals surface area contributed by atoms with Crippen LogP contribution in [-0.2, 0) is 9.53 Å². The number of ether oxygens (including phenoxy) is 1. The zero-order chi connectivity index (χ0) is 20.7. The molecule has 3 nitrogen and oxygen atoms in total. The summed E-state index contributed by atoms with van der Waals surface area (Å²) in [6.07, 6.45) is 25.5. The number of carbonyl (C=O) groups is 1. The van der Waals surface area contributed by atoms with Gasteiger partial charge in [-0.25, -0.2) is 0 Å². The SMILES string of the molecule is CCCCCC[C@H]1CC[C@H](C(=O)O[C@H]2CC[C@H](CCC=CC=CC#N)CC2)CC1. The lowest BCUT2D eigenvalue weighted by atomic mass is 9.79. The van der Waals surface area contributed by atoms with Crippen molar-refractivity contribution in [2.24, 2.45) is 17.8 Å². The highest BCUT2D eigenvalue weighted by molar-refractivity contribution is 5.72. The van der Waals surface area contributed by atoms with Crippen LogP contribution in [0.4, 0.5) is 0 Å². The third-order valence-electron chi connectivity index (χ3n) is 6.88. The van der Waals surface area contributed by atoms with Crippen LogP contribution in [0.2, 0.25) is 0 Å². The number of allylic oxidation sites excluding steroid dienone is 4. The van der Waals surface area contributed by atoms with E-state index >= 15 is 0 Å². The molecule has 3 heteroatoms. The van der Waals surface area contributed by atoms with Gasteiger partial charge in [0.1, 0.15) is 6.10 Å². The van der Waals surface area contributed by atoms with Gasteiger partial charge in [-0.2, -0.15) is 5.26 Å². The van der Waals surface area contributed by atoms with Crippen LogP contribution in [0.25, 0.3) is 0 Å². The summed E-state index contributed by atoms with van der Waals surface area (Å²) in [7, 11) is 0. The summed E-state index contributed by atoms with van der Waals surface area (Å²) >= 11 is 0. The van der Waals surface area contributed by atoms with E-state index in [1.54, 1.807) is 6.08 Å².